The number of fused-ring (bicyclic) bond motifs is 1. The maximum atomic E-state index is 12.6. The summed E-state index contributed by atoms with van der Waals surface area (Å²) in [5.41, 5.74) is 3.05. The predicted octanol–water partition coefficient (Wildman–Crippen LogP) is 3.87. The lowest BCUT2D eigenvalue weighted by atomic mass is 10.1. The van der Waals surface area contributed by atoms with Crippen molar-refractivity contribution >= 4 is 34.9 Å². The van der Waals surface area contributed by atoms with E-state index < -0.39 is 6.04 Å². The van der Waals surface area contributed by atoms with Gasteiger partial charge in [0.25, 0.3) is 5.91 Å². The van der Waals surface area contributed by atoms with E-state index in [1.807, 2.05) is 30.3 Å². The van der Waals surface area contributed by atoms with Crippen LogP contribution in [0, 0.1) is 0 Å². The largest absolute Gasteiger partial charge is 0.378 e. The molecule has 29 heavy (non-hydrogen) atoms. The fourth-order valence-corrected chi connectivity index (χ4v) is 3.51. The number of nitrogens with zero attached hydrogens (tertiary/aromatic N) is 2. The van der Waals surface area contributed by atoms with E-state index in [-0.39, 0.29) is 18.2 Å². The van der Waals surface area contributed by atoms with Crippen LogP contribution >= 0.6 is 11.6 Å². The standard InChI is InChI=1S/C21H19ClN4O3/c1-29-12-16-19(13-5-3-2-4-6-13)20-24-21(28)17(26(20)25-16)11-18(27)23-15-9-7-14(22)8-10-15/h2-10,17H,11-12H2,1H3,(H,23,27)(H,24,28). The van der Waals surface area contributed by atoms with E-state index in [0.717, 1.165) is 11.1 Å². The van der Waals surface area contributed by atoms with Crippen LogP contribution in [0.2, 0.25) is 5.02 Å². The molecule has 3 aromatic rings. The topological polar surface area (TPSA) is 85.2 Å². The Morgan fingerprint density at radius 3 is 2.62 bits per heavy atom. The highest BCUT2D eigenvalue weighted by molar-refractivity contribution is 6.30. The predicted molar refractivity (Wildman–Crippen MR) is 111 cm³/mol. The van der Waals surface area contributed by atoms with Crippen LogP contribution in [0.4, 0.5) is 11.5 Å². The Bertz CT molecular complexity index is 1050. The number of amides is 2. The first-order valence-corrected chi connectivity index (χ1v) is 9.46. The summed E-state index contributed by atoms with van der Waals surface area (Å²) < 4.78 is 6.86. The number of hydrogen-bond acceptors (Lipinski definition) is 4. The smallest absolute Gasteiger partial charge is 0.251 e. The summed E-state index contributed by atoms with van der Waals surface area (Å²) in [5, 5.41) is 10.8. The molecule has 2 N–H and O–H groups in total. The van der Waals surface area contributed by atoms with Gasteiger partial charge in [0.2, 0.25) is 5.91 Å². The van der Waals surface area contributed by atoms with Crippen molar-refractivity contribution in [2.75, 3.05) is 17.7 Å². The Hall–Kier alpha value is -3.16. The van der Waals surface area contributed by atoms with Gasteiger partial charge in [-0.3, -0.25) is 9.59 Å². The second-order valence-electron chi connectivity index (χ2n) is 6.68. The number of carbonyl (C=O) groups is 2. The van der Waals surface area contributed by atoms with Crippen molar-refractivity contribution < 1.29 is 14.3 Å². The average Bonchev–Trinajstić information content (AvgIpc) is 3.20. The van der Waals surface area contributed by atoms with Crippen LogP contribution in [0.25, 0.3) is 11.1 Å². The van der Waals surface area contributed by atoms with Gasteiger partial charge in [0.05, 0.1) is 18.7 Å². The lowest BCUT2D eigenvalue weighted by Crippen LogP contribution is -2.24. The van der Waals surface area contributed by atoms with Gasteiger partial charge >= 0.3 is 0 Å². The first-order valence-electron chi connectivity index (χ1n) is 9.09. The van der Waals surface area contributed by atoms with E-state index in [9.17, 15) is 9.59 Å². The highest BCUT2D eigenvalue weighted by Crippen LogP contribution is 2.38. The zero-order chi connectivity index (χ0) is 20.4. The number of rotatable bonds is 6. The minimum Gasteiger partial charge on any atom is -0.378 e. The van der Waals surface area contributed by atoms with E-state index in [1.165, 1.54) is 0 Å². The van der Waals surface area contributed by atoms with Crippen molar-refractivity contribution in [2.24, 2.45) is 0 Å². The van der Waals surface area contributed by atoms with Crippen molar-refractivity contribution in [3.05, 3.63) is 65.3 Å². The number of aromatic nitrogens is 2. The fraction of sp³-hybridized carbons (Fsp3) is 0.190. The van der Waals surface area contributed by atoms with Crippen molar-refractivity contribution in [2.45, 2.75) is 19.1 Å². The van der Waals surface area contributed by atoms with E-state index in [2.05, 4.69) is 15.7 Å². The Kier molecular flexibility index (Phi) is 5.33. The van der Waals surface area contributed by atoms with Gasteiger partial charge in [0.15, 0.2) is 0 Å². The van der Waals surface area contributed by atoms with Crippen LogP contribution in [0.5, 0.6) is 0 Å². The third-order valence-electron chi connectivity index (χ3n) is 4.67. The van der Waals surface area contributed by atoms with Crippen molar-refractivity contribution in [3.63, 3.8) is 0 Å². The minimum atomic E-state index is -0.731. The molecule has 2 aromatic carbocycles. The van der Waals surface area contributed by atoms with Gasteiger partial charge in [-0.2, -0.15) is 5.10 Å². The third-order valence-corrected chi connectivity index (χ3v) is 4.92. The number of carbonyl (C=O) groups excluding carboxylic acids is 2. The molecule has 2 heterocycles. The molecule has 0 fully saturated rings. The molecular formula is C21H19ClN4O3. The van der Waals surface area contributed by atoms with Gasteiger partial charge in [0.1, 0.15) is 11.9 Å². The first kappa shape index (κ1) is 19.2. The molecule has 1 aliphatic rings. The maximum Gasteiger partial charge on any atom is 0.251 e. The highest BCUT2D eigenvalue weighted by Gasteiger charge is 2.37. The maximum absolute atomic E-state index is 12.6. The summed E-state index contributed by atoms with van der Waals surface area (Å²) in [7, 11) is 1.59. The Balaban J connectivity index is 1.61. The second-order valence-corrected chi connectivity index (χ2v) is 7.11. The molecule has 0 saturated carbocycles. The first-order chi connectivity index (χ1) is 14.1. The van der Waals surface area contributed by atoms with Gasteiger partial charge in [-0.1, -0.05) is 41.9 Å². The quantitative estimate of drug-likeness (QED) is 0.646. The van der Waals surface area contributed by atoms with Gasteiger partial charge in [-0.25, -0.2) is 4.68 Å². The molecule has 1 atom stereocenters. The summed E-state index contributed by atoms with van der Waals surface area (Å²) >= 11 is 5.87. The van der Waals surface area contributed by atoms with Gasteiger partial charge in [0, 0.05) is 23.4 Å². The summed E-state index contributed by atoms with van der Waals surface area (Å²) in [6.07, 6.45) is -0.0379. The Morgan fingerprint density at radius 2 is 1.93 bits per heavy atom. The number of halogens is 1. The van der Waals surface area contributed by atoms with E-state index in [1.54, 1.807) is 36.1 Å². The number of ether oxygens (including phenoxy) is 1. The molecule has 8 heteroatoms. The summed E-state index contributed by atoms with van der Waals surface area (Å²) in [6.45, 7) is 0.295. The molecule has 0 spiro atoms. The summed E-state index contributed by atoms with van der Waals surface area (Å²) in [5.74, 6) is 0.0304. The summed E-state index contributed by atoms with van der Waals surface area (Å²) in [6, 6.07) is 15.7. The van der Waals surface area contributed by atoms with Crippen LogP contribution in [0.15, 0.2) is 54.6 Å². The third kappa shape index (κ3) is 3.87. The van der Waals surface area contributed by atoms with Gasteiger partial charge in [-0.05, 0) is 29.8 Å². The van der Waals surface area contributed by atoms with Gasteiger partial charge in [-0.15, -0.1) is 0 Å². The van der Waals surface area contributed by atoms with Crippen LogP contribution in [0.3, 0.4) is 0 Å². The molecule has 1 aliphatic heterocycles. The average molecular weight is 411 g/mol. The molecule has 7 nitrogen and oxygen atoms in total. The molecule has 0 aliphatic carbocycles. The van der Waals surface area contributed by atoms with Crippen molar-refractivity contribution in [1.82, 2.24) is 9.78 Å². The lowest BCUT2D eigenvalue weighted by molar-refractivity contribution is -0.123. The Labute approximate surface area is 172 Å². The number of methoxy groups -OCH3 is 1. The molecule has 1 aromatic heterocycles. The molecule has 1 unspecified atom stereocenters. The number of benzene rings is 2. The molecule has 148 valence electrons. The van der Waals surface area contributed by atoms with Crippen molar-refractivity contribution in [1.29, 1.82) is 0 Å². The fourth-order valence-electron chi connectivity index (χ4n) is 3.38. The number of hydrogen-bond donors (Lipinski definition) is 2. The zero-order valence-corrected chi connectivity index (χ0v) is 16.4. The van der Waals surface area contributed by atoms with E-state index in [0.29, 0.717) is 28.8 Å². The van der Waals surface area contributed by atoms with E-state index >= 15 is 0 Å². The van der Waals surface area contributed by atoms with Crippen LogP contribution in [0.1, 0.15) is 18.2 Å². The molecule has 4 rings (SSSR count). The molecular weight excluding hydrogens is 392 g/mol. The van der Waals surface area contributed by atoms with Crippen LogP contribution in [-0.4, -0.2) is 28.7 Å². The molecule has 0 radical (unpaired) electrons. The minimum absolute atomic E-state index is 0.0379. The molecule has 0 saturated heterocycles. The lowest BCUT2D eigenvalue weighted by Gasteiger charge is -2.10. The van der Waals surface area contributed by atoms with Crippen LogP contribution in [-0.2, 0) is 20.9 Å². The van der Waals surface area contributed by atoms with Gasteiger partial charge < -0.3 is 15.4 Å². The molecule has 2 amide bonds. The SMILES string of the molecule is COCc1nn2c(c1-c1ccccc1)NC(=O)C2CC(=O)Nc1ccc(Cl)cc1. The van der Waals surface area contributed by atoms with Crippen molar-refractivity contribution in [3.8, 4) is 11.1 Å². The molecule has 0 bridgehead atoms. The van der Waals surface area contributed by atoms with E-state index in [4.69, 9.17) is 16.3 Å². The normalized spacial score (nSPS) is 15.1. The van der Waals surface area contributed by atoms with Crippen LogP contribution < -0.4 is 10.6 Å². The Morgan fingerprint density at radius 1 is 1.21 bits per heavy atom. The highest BCUT2D eigenvalue weighted by atomic mass is 35.5. The second kappa shape index (κ2) is 8.06. The number of nitrogens with one attached hydrogen (secondary N) is 2. The zero-order valence-electron chi connectivity index (χ0n) is 15.7. The summed E-state index contributed by atoms with van der Waals surface area (Å²) in [4.78, 5) is 25.1. The monoisotopic (exact) mass is 410 g/mol. The number of anilines is 2.